The monoisotopic (exact) mass is 383 g/mol. The average molecular weight is 383 g/mol. The molecular weight excluding hydrogens is 364 g/mol. The highest BCUT2D eigenvalue weighted by atomic mass is 32.2. The van der Waals surface area contributed by atoms with Crippen LogP contribution in [0.2, 0.25) is 0 Å². The summed E-state index contributed by atoms with van der Waals surface area (Å²) < 4.78 is 4.36. The Hall–Kier alpha value is -1.99. The number of aliphatic carboxylic acids is 1. The number of carboxylic acid groups (broad SMARTS) is 1. The standard InChI is InChI=1S/C14H18N6O5S/c15-6(12(22)23)1-2-26-3-7-9(21)14(24)13(25(7)14)20-5-19-8-10(16)17-4-18-11(8)20/h4-7,9,13,21,24H,1-3,15H2,(H2-,16,17,18,22,23)/p+1/t6-,7+,9+,13+,14-/m0/s1. The van der Waals surface area contributed by atoms with Crippen LogP contribution in [0.3, 0.4) is 0 Å². The van der Waals surface area contributed by atoms with Gasteiger partial charge in [0.2, 0.25) is 12.2 Å². The van der Waals surface area contributed by atoms with Gasteiger partial charge in [-0.3, -0.25) is 4.79 Å². The average Bonchev–Trinajstić information content (AvgIpc) is 2.93. The van der Waals surface area contributed by atoms with Gasteiger partial charge in [-0.2, -0.15) is 11.8 Å². The smallest absolute Gasteiger partial charge is 0.406 e. The van der Waals surface area contributed by atoms with Gasteiger partial charge in [-0.25, -0.2) is 19.5 Å². The van der Waals surface area contributed by atoms with E-state index in [4.69, 9.17) is 16.6 Å². The number of imidazole rings is 1. The molecule has 11 nitrogen and oxygen atoms in total. The number of epoxide rings is 1. The van der Waals surface area contributed by atoms with E-state index in [1.165, 1.54) is 24.4 Å². The minimum Gasteiger partial charge on any atom is -0.480 e. The number of thioether (sulfide) groups is 1. The SMILES string of the molecule is Nc1ncnc2c1ncn2[C@@H]1[O+]2[C@H](CSCC[C@H](N)C(=O)O)[C@@H](O)[C@@]12O. The van der Waals surface area contributed by atoms with Crippen molar-refractivity contribution < 1.29 is 24.5 Å². The second-order valence-electron chi connectivity index (χ2n) is 6.35. The Morgan fingerprint density at radius 3 is 2.96 bits per heavy atom. The number of carbonyl (C=O) groups is 1. The van der Waals surface area contributed by atoms with Crippen LogP contribution < -0.4 is 11.5 Å². The lowest BCUT2D eigenvalue weighted by Crippen LogP contribution is -2.55. The van der Waals surface area contributed by atoms with Gasteiger partial charge in [0.05, 0.1) is 5.75 Å². The molecule has 4 heterocycles. The summed E-state index contributed by atoms with van der Waals surface area (Å²) in [6, 6.07) is -0.894. The van der Waals surface area contributed by atoms with Crippen molar-refractivity contribution in [1.29, 1.82) is 0 Å². The molecule has 12 heteroatoms. The number of aliphatic hydroxyl groups is 2. The van der Waals surface area contributed by atoms with E-state index in [0.717, 1.165) is 0 Å². The van der Waals surface area contributed by atoms with E-state index in [9.17, 15) is 15.0 Å². The van der Waals surface area contributed by atoms with Gasteiger partial charge < -0.3 is 31.2 Å². The lowest BCUT2D eigenvalue weighted by atomic mass is 10.1. The number of rotatable bonds is 7. The fraction of sp³-hybridized carbons (Fsp3) is 0.571. The molecule has 2 aliphatic heterocycles. The maximum absolute atomic E-state index is 10.7. The van der Waals surface area contributed by atoms with Crippen LogP contribution >= 0.6 is 11.8 Å². The van der Waals surface area contributed by atoms with Gasteiger partial charge in [0.1, 0.15) is 24.2 Å². The fourth-order valence-electron chi connectivity index (χ4n) is 3.36. The van der Waals surface area contributed by atoms with E-state index in [0.29, 0.717) is 29.1 Å². The van der Waals surface area contributed by atoms with Crippen molar-refractivity contribution in [3.05, 3.63) is 12.7 Å². The molecule has 0 amide bonds. The first-order chi connectivity index (χ1) is 12.4. The molecule has 0 spiro atoms. The summed E-state index contributed by atoms with van der Waals surface area (Å²) >= 11 is 1.47. The third-order valence-electron chi connectivity index (χ3n) is 4.83. The molecule has 2 saturated heterocycles. The van der Waals surface area contributed by atoms with E-state index in [-0.39, 0.29) is 11.9 Å². The van der Waals surface area contributed by atoms with Crippen LogP contribution in [0.25, 0.3) is 11.2 Å². The molecule has 0 aromatic carbocycles. The number of nitrogens with zero attached hydrogens (tertiary/aromatic N) is 4. The van der Waals surface area contributed by atoms with E-state index in [1.807, 2.05) is 0 Å². The van der Waals surface area contributed by atoms with Crippen LogP contribution in [0.4, 0.5) is 5.82 Å². The lowest BCUT2D eigenvalue weighted by molar-refractivity contribution is -0.308. The zero-order chi connectivity index (χ0) is 18.6. The molecule has 0 aliphatic carbocycles. The van der Waals surface area contributed by atoms with Gasteiger partial charge >= 0.3 is 18.0 Å². The van der Waals surface area contributed by atoms with E-state index in [1.54, 1.807) is 4.57 Å². The number of nitrogens with two attached hydrogens (primary N) is 2. The number of hydrogen-bond acceptors (Lipinski definition) is 9. The maximum Gasteiger partial charge on any atom is 0.406 e. The second kappa shape index (κ2) is 6.03. The Morgan fingerprint density at radius 2 is 2.23 bits per heavy atom. The number of hydrogen-bond donors (Lipinski definition) is 5. The molecule has 0 radical (unpaired) electrons. The van der Waals surface area contributed by atoms with Crippen LogP contribution in [0.1, 0.15) is 12.6 Å². The van der Waals surface area contributed by atoms with E-state index < -0.39 is 30.1 Å². The Balaban J connectivity index is 1.42. The Kier molecular flexibility index (Phi) is 4.04. The zero-order valence-electron chi connectivity index (χ0n) is 13.6. The molecule has 0 unspecified atom stereocenters. The molecule has 2 aromatic rings. The highest BCUT2D eigenvalue weighted by Gasteiger charge is 2.93. The third-order valence-corrected chi connectivity index (χ3v) is 5.92. The summed E-state index contributed by atoms with van der Waals surface area (Å²) in [6.45, 7) is 0. The lowest BCUT2D eigenvalue weighted by Gasteiger charge is -2.29. The topological polar surface area (TPSA) is 176 Å². The number of aliphatic hydroxyl groups excluding tert-OH is 1. The first-order valence-corrected chi connectivity index (χ1v) is 9.14. The van der Waals surface area contributed by atoms with Crippen molar-refractivity contribution >= 4 is 34.7 Å². The van der Waals surface area contributed by atoms with Crippen LogP contribution in [0.5, 0.6) is 0 Å². The van der Waals surface area contributed by atoms with Crippen LogP contribution in [-0.2, 0) is 9.16 Å². The van der Waals surface area contributed by atoms with Gasteiger partial charge in [0.25, 0.3) is 0 Å². The van der Waals surface area contributed by atoms with Crippen molar-refractivity contribution in [1.82, 2.24) is 19.5 Å². The molecule has 4 rings (SSSR count). The summed E-state index contributed by atoms with van der Waals surface area (Å²) in [5.74, 6) is -1.14. The zero-order valence-corrected chi connectivity index (χ0v) is 14.4. The summed E-state index contributed by atoms with van der Waals surface area (Å²) in [4.78, 5) is 22.9. The van der Waals surface area contributed by atoms with Crippen molar-refractivity contribution in [3.8, 4) is 0 Å². The Bertz CT molecular complexity index is 863. The molecular formula is C14H19N6O5S+. The van der Waals surface area contributed by atoms with Gasteiger partial charge in [0.15, 0.2) is 11.5 Å². The number of carboxylic acids is 1. The normalized spacial score (nSPS) is 31.4. The first kappa shape index (κ1) is 17.4. The van der Waals surface area contributed by atoms with Gasteiger partial charge in [-0.05, 0) is 12.2 Å². The largest absolute Gasteiger partial charge is 0.480 e. The van der Waals surface area contributed by atoms with E-state index >= 15 is 0 Å². The molecule has 2 aromatic heterocycles. The molecule has 2 aliphatic rings. The Labute approximate surface area is 151 Å². The van der Waals surface area contributed by atoms with Gasteiger partial charge in [-0.1, -0.05) is 0 Å². The molecule has 5 atom stereocenters. The molecule has 140 valence electrons. The highest BCUT2D eigenvalue weighted by Crippen LogP contribution is 2.67. The van der Waals surface area contributed by atoms with Crippen LogP contribution in [0.15, 0.2) is 12.7 Å². The maximum atomic E-state index is 10.7. The van der Waals surface area contributed by atoms with Crippen molar-refractivity contribution in [2.24, 2.45) is 5.73 Å². The van der Waals surface area contributed by atoms with Crippen molar-refractivity contribution in [2.45, 2.75) is 36.7 Å². The summed E-state index contributed by atoms with van der Waals surface area (Å²) in [7, 11) is 0. The number of anilines is 1. The van der Waals surface area contributed by atoms with Gasteiger partial charge in [0, 0.05) is 0 Å². The molecule has 0 saturated carbocycles. The second-order valence-corrected chi connectivity index (χ2v) is 7.50. The number of aromatic nitrogens is 4. The highest BCUT2D eigenvalue weighted by molar-refractivity contribution is 7.99. The van der Waals surface area contributed by atoms with Crippen molar-refractivity contribution in [2.75, 3.05) is 17.2 Å². The van der Waals surface area contributed by atoms with Gasteiger partial charge in [-0.15, -0.1) is 0 Å². The van der Waals surface area contributed by atoms with Crippen molar-refractivity contribution in [3.63, 3.8) is 0 Å². The van der Waals surface area contributed by atoms with E-state index in [2.05, 4.69) is 19.3 Å². The fourth-order valence-corrected chi connectivity index (χ4v) is 4.51. The predicted octanol–water partition coefficient (Wildman–Crippen LogP) is -1.56. The summed E-state index contributed by atoms with van der Waals surface area (Å²) in [5, 5.41) is 29.7. The first-order valence-electron chi connectivity index (χ1n) is 7.99. The molecule has 7 N–H and O–H groups in total. The minimum absolute atomic E-state index is 0.246. The third kappa shape index (κ3) is 2.37. The number of fused-ring (bicyclic) bond motifs is 2. The molecule has 2 fully saturated rings. The van der Waals surface area contributed by atoms with Crippen LogP contribution in [0, 0.1) is 0 Å². The quantitative estimate of drug-likeness (QED) is 0.213. The minimum atomic E-state index is -1.42. The Morgan fingerprint density at radius 1 is 1.46 bits per heavy atom. The summed E-state index contributed by atoms with van der Waals surface area (Å²) in [5.41, 5.74) is 12.2. The predicted molar refractivity (Wildman–Crippen MR) is 92.2 cm³/mol. The molecule has 0 bridgehead atoms. The molecule has 26 heavy (non-hydrogen) atoms. The summed E-state index contributed by atoms with van der Waals surface area (Å²) in [6.07, 6.45) is 1.33. The number of nitrogen functional groups attached to an aromatic ring is 1. The van der Waals surface area contributed by atoms with Crippen LogP contribution in [-0.4, -0.2) is 76.4 Å².